The number of ether oxygens (including phenoxy) is 8. The second kappa shape index (κ2) is 13.0. The van der Waals surface area contributed by atoms with Gasteiger partial charge in [0.25, 0.3) is 0 Å². The summed E-state index contributed by atoms with van der Waals surface area (Å²) in [5, 5.41) is 12.9. The molecule has 286 valence electrons. The first-order valence-corrected chi connectivity index (χ1v) is 18.1. The monoisotopic (exact) mass is 729 g/mol. The van der Waals surface area contributed by atoms with E-state index in [0.717, 1.165) is 0 Å². The van der Waals surface area contributed by atoms with Gasteiger partial charge in [0, 0.05) is 96.8 Å². The molecule has 6 fully saturated rings. The van der Waals surface area contributed by atoms with Crippen LogP contribution in [0.15, 0.2) is 30.3 Å². The Morgan fingerprint density at radius 2 is 1.54 bits per heavy atom. The van der Waals surface area contributed by atoms with E-state index < -0.39 is 112 Å². The van der Waals surface area contributed by atoms with Crippen LogP contribution in [0.25, 0.3) is 0 Å². The number of methoxy groups -OCH3 is 4. The van der Waals surface area contributed by atoms with Crippen LogP contribution in [0.2, 0.25) is 0 Å². The zero-order chi connectivity index (χ0) is 37.5. The lowest BCUT2D eigenvalue weighted by Gasteiger charge is -2.70. The van der Waals surface area contributed by atoms with E-state index in [2.05, 4.69) is 4.90 Å². The molecule has 0 radical (unpaired) electrons. The van der Waals surface area contributed by atoms with E-state index in [9.17, 15) is 24.3 Å². The molecule has 1 aliphatic heterocycles. The minimum Gasteiger partial charge on any atom is -0.462 e. The number of piperidine rings is 1. The van der Waals surface area contributed by atoms with Gasteiger partial charge in [0.05, 0.1) is 24.4 Å². The van der Waals surface area contributed by atoms with Gasteiger partial charge in [0.1, 0.15) is 18.3 Å². The van der Waals surface area contributed by atoms with Crippen molar-refractivity contribution >= 4 is 23.9 Å². The summed E-state index contributed by atoms with van der Waals surface area (Å²) in [7, 11) is 6.24. The molecule has 1 aromatic rings. The van der Waals surface area contributed by atoms with Crippen LogP contribution in [-0.2, 0) is 52.3 Å². The summed E-state index contributed by atoms with van der Waals surface area (Å²) < 4.78 is 50.8. The third-order valence-corrected chi connectivity index (χ3v) is 13.7. The van der Waals surface area contributed by atoms with E-state index in [-0.39, 0.29) is 18.6 Å². The maximum absolute atomic E-state index is 14.1. The second-order valence-corrected chi connectivity index (χ2v) is 15.6. The summed E-state index contributed by atoms with van der Waals surface area (Å²) >= 11 is 0. The fourth-order valence-corrected chi connectivity index (χ4v) is 13.1. The lowest BCUT2D eigenvalue weighted by molar-refractivity contribution is -0.323. The van der Waals surface area contributed by atoms with Crippen molar-refractivity contribution in [1.29, 1.82) is 0 Å². The van der Waals surface area contributed by atoms with Crippen LogP contribution < -0.4 is 0 Å². The molecule has 7 bridgehead atoms. The van der Waals surface area contributed by atoms with Gasteiger partial charge in [0.15, 0.2) is 17.3 Å². The van der Waals surface area contributed by atoms with E-state index in [1.54, 1.807) is 51.7 Å². The molecule has 14 nitrogen and oxygen atoms in total. The van der Waals surface area contributed by atoms with E-state index in [0.29, 0.717) is 19.5 Å². The minimum absolute atomic E-state index is 0.0808. The number of benzene rings is 1. The molecule has 0 unspecified atom stereocenters. The Morgan fingerprint density at radius 3 is 2.10 bits per heavy atom. The summed E-state index contributed by atoms with van der Waals surface area (Å²) in [4.78, 5) is 55.9. The molecule has 0 aromatic heterocycles. The molecule has 7 rings (SSSR count). The van der Waals surface area contributed by atoms with E-state index in [1.165, 1.54) is 27.9 Å². The number of likely N-dealkylation sites (tertiary alicyclic amines) is 1. The number of rotatable bonds is 11. The zero-order valence-corrected chi connectivity index (χ0v) is 31.1. The van der Waals surface area contributed by atoms with Gasteiger partial charge in [-0.2, -0.15) is 0 Å². The maximum Gasteiger partial charge on any atom is 0.338 e. The standard InChI is InChI=1S/C38H51NO13/c1-9-39-17-35(18-45-5)24(49-19(2)40)15-25(46-6)37-23-16-36(51-20(3)41)32(50-34(44)22-13-11-10-12-14-22)26(23)38(52-21(4)42,31(43)33(36)48-8)27(30(37)39)28(47-7)29(35)37/h10-14,23-33,43H,9,15-18H2,1-8H3/t23-,24-,25+,26-,27+,28+,29-,30+,31+,32-,33+,35+,36-,37+,38-/m1/s1. The van der Waals surface area contributed by atoms with Gasteiger partial charge in [-0.05, 0) is 31.0 Å². The number of carbonyl (C=O) groups is 4. The lowest BCUT2D eigenvalue weighted by Crippen LogP contribution is -2.82. The predicted molar refractivity (Wildman–Crippen MR) is 180 cm³/mol. The third kappa shape index (κ3) is 4.57. The van der Waals surface area contributed by atoms with Crippen LogP contribution in [0.5, 0.6) is 0 Å². The lowest BCUT2D eigenvalue weighted by atomic mass is 9.42. The maximum atomic E-state index is 14.1. The highest BCUT2D eigenvalue weighted by Crippen LogP contribution is 2.81. The molecule has 0 amide bonds. The van der Waals surface area contributed by atoms with Crippen molar-refractivity contribution in [2.75, 3.05) is 48.1 Å². The minimum atomic E-state index is -1.77. The number of aliphatic hydroxyl groups is 1. The Labute approximate surface area is 303 Å². The number of esters is 4. The summed E-state index contributed by atoms with van der Waals surface area (Å²) in [6, 6.07) is 8.05. The number of carbonyl (C=O) groups excluding carboxylic acids is 4. The Balaban J connectivity index is 1.57. The van der Waals surface area contributed by atoms with Crippen LogP contribution in [0, 0.1) is 34.5 Å². The van der Waals surface area contributed by atoms with Crippen molar-refractivity contribution in [2.45, 2.75) is 94.4 Å². The van der Waals surface area contributed by atoms with E-state index in [4.69, 9.17) is 37.9 Å². The normalized spacial score (nSPS) is 45.2. The van der Waals surface area contributed by atoms with Crippen molar-refractivity contribution < 1.29 is 62.2 Å². The number of hydrogen-bond acceptors (Lipinski definition) is 14. The van der Waals surface area contributed by atoms with Gasteiger partial charge in [-0.3, -0.25) is 19.3 Å². The Morgan fingerprint density at radius 1 is 0.846 bits per heavy atom. The molecular formula is C38H51NO13. The zero-order valence-electron chi connectivity index (χ0n) is 31.1. The Bertz CT molecular complexity index is 1590. The van der Waals surface area contributed by atoms with Gasteiger partial charge < -0.3 is 43.0 Å². The molecule has 15 atom stereocenters. The van der Waals surface area contributed by atoms with Gasteiger partial charge in [0.2, 0.25) is 0 Å². The van der Waals surface area contributed by atoms with Gasteiger partial charge >= 0.3 is 23.9 Å². The quantitative estimate of drug-likeness (QED) is 0.259. The van der Waals surface area contributed by atoms with E-state index >= 15 is 0 Å². The summed E-state index contributed by atoms with van der Waals surface area (Å²) in [6.07, 6.45) is -5.57. The van der Waals surface area contributed by atoms with Crippen LogP contribution in [-0.4, -0.2) is 136 Å². The molecule has 1 spiro atoms. The molecule has 5 saturated carbocycles. The van der Waals surface area contributed by atoms with Crippen LogP contribution >= 0.6 is 0 Å². The molecular weight excluding hydrogens is 678 g/mol. The van der Waals surface area contributed by atoms with Crippen molar-refractivity contribution in [3.05, 3.63) is 35.9 Å². The first kappa shape index (κ1) is 37.2. The first-order valence-electron chi connectivity index (χ1n) is 18.1. The van der Waals surface area contributed by atoms with Gasteiger partial charge in [-0.1, -0.05) is 25.1 Å². The molecule has 1 aromatic carbocycles. The highest BCUT2D eigenvalue weighted by atomic mass is 16.6. The van der Waals surface area contributed by atoms with Crippen LogP contribution in [0.3, 0.4) is 0 Å². The molecule has 1 heterocycles. The van der Waals surface area contributed by atoms with Crippen molar-refractivity contribution in [1.82, 2.24) is 4.90 Å². The van der Waals surface area contributed by atoms with Gasteiger partial charge in [-0.25, -0.2) is 4.79 Å². The number of fused-ring (bicyclic) bond motifs is 2. The smallest absolute Gasteiger partial charge is 0.338 e. The second-order valence-electron chi connectivity index (χ2n) is 15.6. The highest BCUT2D eigenvalue weighted by Gasteiger charge is 2.93. The fraction of sp³-hybridized carbons (Fsp3) is 0.737. The molecule has 5 aliphatic carbocycles. The Hall–Kier alpha value is -3.14. The SMILES string of the molecule is CCN1C[C@@]2(COC)[C@H]3[C@@H](OC)[C@H]4[C@H]1[C@]3([C@@H](OC)C[C@H]2OC(C)=O)[C@@H]1C[C@@]2(OC(C)=O)[C@H](OC(=O)c3ccccc3)[C@@H]1[C@]4(OC(C)=O)[C@@H](O)[C@@H]2OC. The fourth-order valence-electron chi connectivity index (χ4n) is 13.1. The molecule has 1 saturated heterocycles. The van der Waals surface area contributed by atoms with Crippen molar-refractivity contribution in [3.8, 4) is 0 Å². The van der Waals surface area contributed by atoms with Crippen molar-refractivity contribution in [2.24, 2.45) is 34.5 Å². The molecule has 14 heteroatoms. The van der Waals surface area contributed by atoms with E-state index in [1.807, 2.05) is 6.92 Å². The van der Waals surface area contributed by atoms with Crippen LogP contribution in [0.1, 0.15) is 50.9 Å². The third-order valence-electron chi connectivity index (χ3n) is 13.7. The number of hydrogen-bond donors (Lipinski definition) is 1. The topological polar surface area (TPSA) is 166 Å². The molecule has 1 N–H and O–H groups in total. The predicted octanol–water partition coefficient (Wildman–Crippen LogP) is 1.79. The summed E-state index contributed by atoms with van der Waals surface area (Å²) in [6.45, 7) is 7.17. The largest absolute Gasteiger partial charge is 0.462 e. The molecule has 52 heavy (non-hydrogen) atoms. The Kier molecular flexibility index (Phi) is 9.31. The molecule has 6 aliphatic rings. The van der Waals surface area contributed by atoms with Crippen LogP contribution in [0.4, 0.5) is 0 Å². The summed E-state index contributed by atoms with van der Waals surface area (Å²) in [5.74, 6) is -5.09. The number of nitrogens with zero attached hydrogens (tertiary/aromatic N) is 1. The summed E-state index contributed by atoms with van der Waals surface area (Å²) in [5.41, 5.74) is -4.89. The average molecular weight is 730 g/mol. The average Bonchev–Trinajstić information content (AvgIpc) is 3.49. The first-order chi connectivity index (χ1) is 24.8. The van der Waals surface area contributed by atoms with Gasteiger partial charge in [-0.15, -0.1) is 0 Å². The van der Waals surface area contributed by atoms with Crippen molar-refractivity contribution in [3.63, 3.8) is 0 Å². The number of aliphatic hydroxyl groups excluding tert-OH is 1. The highest BCUT2D eigenvalue weighted by molar-refractivity contribution is 5.89.